The Morgan fingerprint density at radius 1 is 1.06 bits per heavy atom. The zero-order chi connectivity index (χ0) is 22.5. The average Bonchev–Trinajstić information content (AvgIpc) is 2.74. The third kappa shape index (κ3) is 5.72. The van der Waals surface area contributed by atoms with Crippen LogP contribution >= 0.6 is 12.4 Å². The highest BCUT2D eigenvalue weighted by Gasteiger charge is 2.39. The minimum Gasteiger partial charge on any atom is -0.384 e. The molecule has 2 atom stereocenters. The zero-order valence-corrected chi connectivity index (χ0v) is 17.6. The number of anilines is 3. The van der Waals surface area contributed by atoms with Crippen LogP contribution in [0.5, 0.6) is 0 Å². The maximum Gasteiger partial charge on any atom is 0.316 e. The monoisotopic (exact) mass is 462 g/mol. The van der Waals surface area contributed by atoms with Crippen LogP contribution in [0.15, 0.2) is 48.5 Å². The SMILES string of the molecule is Cl.N=C(N)c1ccc(NC(=O)C(O)[C@H]2OCCN(c3ccc(NC(N)=O)cc3)C2=O)cc1. The molecule has 1 heterocycles. The molecular weight excluding hydrogens is 440 g/mol. The summed E-state index contributed by atoms with van der Waals surface area (Å²) in [5.41, 5.74) is 12.3. The smallest absolute Gasteiger partial charge is 0.316 e. The summed E-state index contributed by atoms with van der Waals surface area (Å²) in [5, 5.41) is 22.7. The van der Waals surface area contributed by atoms with Gasteiger partial charge in [0.1, 0.15) is 5.84 Å². The van der Waals surface area contributed by atoms with Gasteiger partial charge in [0, 0.05) is 29.2 Å². The molecular formula is C20H23ClN6O5. The normalized spacial score (nSPS) is 16.5. The highest BCUT2D eigenvalue weighted by Crippen LogP contribution is 2.23. The molecule has 0 spiro atoms. The minimum absolute atomic E-state index is 0. The van der Waals surface area contributed by atoms with Crippen molar-refractivity contribution >= 4 is 53.2 Å². The number of nitrogens with one attached hydrogen (secondary N) is 3. The number of aliphatic hydroxyl groups is 1. The fraction of sp³-hybridized carbons (Fsp3) is 0.200. The number of nitrogens with two attached hydrogens (primary N) is 2. The molecule has 0 aliphatic carbocycles. The maximum absolute atomic E-state index is 12.8. The number of hydrogen-bond donors (Lipinski definition) is 6. The van der Waals surface area contributed by atoms with Gasteiger partial charge in [-0.1, -0.05) is 0 Å². The summed E-state index contributed by atoms with van der Waals surface area (Å²) < 4.78 is 5.37. The molecule has 11 nitrogen and oxygen atoms in total. The first kappa shape index (κ1) is 24.6. The first-order valence-electron chi connectivity index (χ1n) is 9.29. The van der Waals surface area contributed by atoms with Crippen molar-refractivity contribution in [2.24, 2.45) is 11.5 Å². The van der Waals surface area contributed by atoms with Crippen molar-refractivity contribution in [2.75, 3.05) is 28.7 Å². The van der Waals surface area contributed by atoms with Gasteiger partial charge in [0.15, 0.2) is 12.2 Å². The number of carbonyl (C=O) groups excluding carboxylic acids is 3. The molecule has 8 N–H and O–H groups in total. The summed E-state index contributed by atoms with van der Waals surface area (Å²) in [6, 6.07) is 11.8. The summed E-state index contributed by atoms with van der Waals surface area (Å²) in [4.78, 5) is 37.6. The number of amidine groups is 1. The van der Waals surface area contributed by atoms with Crippen LogP contribution in [0.2, 0.25) is 0 Å². The van der Waals surface area contributed by atoms with E-state index in [1.54, 1.807) is 36.4 Å². The van der Waals surface area contributed by atoms with E-state index < -0.39 is 30.1 Å². The Labute approximate surface area is 189 Å². The van der Waals surface area contributed by atoms with E-state index in [1.807, 2.05) is 0 Å². The number of halogens is 1. The first-order valence-corrected chi connectivity index (χ1v) is 9.29. The van der Waals surface area contributed by atoms with Gasteiger partial charge in [0.2, 0.25) is 0 Å². The van der Waals surface area contributed by atoms with Crippen molar-refractivity contribution in [3.8, 4) is 0 Å². The largest absolute Gasteiger partial charge is 0.384 e. The van der Waals surface area contributed by atoms with E-state index in [1.165, 1.54) is 17.0 Å². The fourth-order valence-corrected chi connectivity index (χ4v) is 3.04. The fourth-order valence-electron chi connectivity index (χ4n) is 3.04. The van der Waals surface area contributed by atoms with E-state index in [0.29, 0.717) is 22.6 Å². The second kappa shape index (κ2) is 10.6. The van der Waals surface area contributed by atoms with Crippen molar-refractivity contribution in [1.29, 1.82) is 5.41 Å². The number of urea groups is 1. The van der Waals surface area contributed by atoms with E-state index in [9.17, 15) is 19.5 Å². The lowest BCUT2D eigenvalue weighted by Crippen LogP contribution is -2.55. The molecule has 1 fully saturated rings. The topological polar surface area (TPSA) is 184 Å². The van der Waals surface area contributed by atoms with Gasteiger partial charge in [0.05, 0.1) is 6.61 Å². The van der Waals surface area contributed by atoms with Crippen molar-refractivity contribution < 1.29 is 24.2 Å². The van der Waals surface area contributed by atoms with Crippen molar-refractivity contribution in [3.63, 3.8) is 0 Å². The van der Waals surface area contributed by atoms with Crippen molar-refractivity contribution in [3.05, 3.63) is 54.1 Å². The van der Waals surface area contributed by atoms with Crippen LogP contribution in [0, 0.1) is 5.41 Å². The van der Waals surface area contributed by atoms with Gasteiger partial charge in [-0.05, 0) is 48.5 Å². The first-order chi connectivity index (χ1) is 14.8. The molecule has 1 unspecified atom stereocenters. The highest BCUT2D eigenvalue weighted by atomic mass is 35.5. The summed E-state index contributed by atoms with van der Waals surface area (Å²) in [5.74, 6) is -1.49. The molecule has 0 bridgehead atoms. The van der Waals surface area contributed by atoms with Crippen LogP contribution in [-0.4, -0.2) is 54.1 Å². The van der Waals surface area contributed by atoms with Crippen LogP contribution in [0.25, 0.3) is 0 Å². The molecule has 32 heavy (non-hydrogen) atoms. The Hall–Kier alpha value is -3.67. The lowest BCUT2D eigenvalue weighted by atomic mass is 10.1. The molecule has 1 aliphatic heterocycles. The van der Waals surface area contributed by atoms with Gasteiger partial charge < -0.3 is 36.8 Å². The summed E-state index contributed by atoms with van der Waals surface area (Å²) >= 11 is 0. The Bertz CT molecular complexity index is 999. The predicted molar refractivity (Wildman–Crippen MR) is 121 cm³/mol. The lowest BCUT2D eigenvalue weighted by Gasteiger charge is -2.34. The van der Waals surface area contributed by atoms with Crippen LogP contribution in [0.3, 0.4) is 0 Å². The second-order valence-corrected chi connectivity index (χ2v) is 6.74. The van der Waals surface area contributed by atoms with Gasteiger partial charge >= 0.3 is 6.03 Å². The number of amides is 4. The number of primary amides is 1. The molecule has 12 heteroatoms. The molecule has 0 saturated carbocycles. The highest BCUT2D eigenvalue weighted by molar-refractivity contribution is 6.04. The van der Waals surface area contributed by atoms with Crippen LogP contribution < -0.4 is 27.0 Å². The molecule has 4 amide bonds. The molecule has 1 aliphatic rings. The maximum atomic E-state index is 12.8. The van der Waals surface area contributed by atoms with Gasteiger partial charge in [-0.2, -0.15) is 0 Å². The molecule has 3 rings (SSSR count). The van der Waals surface area contributed by atoms with E-state index >= 15 is 0 Å². The standard InChI is InChI=1S/C20H22N6O5.ClH/c21-17(22)11-1-3-12(4-2-11)24-18(28)15(27)16-19(29)26(9-10-31-16)14-7-5-13(6-8-14)25-20(23)30;/h1-8,15-16,27H,9-10H2,(H3,21,22)(H,24,28)(H3,23,25,30);1H/t15?,16-;/m1./s1. The van der Waals surface area contributed by atoms with Crippen molar-refractivity contribution in [2.45, 2.75) is 12.2 Å². The number of carbonyl (C=O) groups is 3. The van der Waals surface area contributed by atoms with Crippen LogP contribution in [0.4, 0.5) is 21.9 Å². The number of benzene rings is 2. The number of morpholine rings is 1. The molecule has 170 valence electrons. The Morgan fingerprint density at radius 2 is 1.62 bits per heavy atom. The Morgan fingerprint density at radius 3 is 2.19 bits per heavy atom. The zero-order valence-electron chi connectivity index (χ0n) is 16.8. The van der Waals surface area contributed by atoms with E-state index in [-0.39, 0.29) is 31.4 Å². The molecule has 0 aromatic heterocycles. The second-order valence-electron chi connectivity index (χ2n) is 6.74. The van der Waals surface area contributed by atoms with Gasteiger partial charge in [-0.3, -0.25) is 15.0 Å². The number of aliphatic hydroxyl groups excluding tert-OH is 1. The van der Waals surface area contributed by atoms with Crippen LogP contribution in [-0.2, 0) is 14.3 Å². The Balaban J connectivity index is 0.00000363. The predicted octanol–water partition coefficient (Wildman–Crippen LogP) is 0.614. The van der Waals surface area contributed by atoms with E-state index in [2.05, 4.69) is 10.6 Å². The third-order valence-corrected chi connectivity index (χ3v) is 4.59. The molecule has 2 aromatic rings. The number of rotatable bonds is 6. The van der Waals surface area contributed by atoms with E-state index in [0.717, 1.165) is 0 Å². The van der Waals surface area contributed by atoms with Crippen molar-refractivity contribution in [1.82, 2.24) is 0 Å². The number of hydrogen-bond acceptors (Lipinski definition) is 6. The van der Waals surface area contributed by atoms with Gasteiger partial charge in [-0.15, -0.1) is 12.4 Å². The van der Waals surface area contributed by atoms with E-state index in [4.69, 9.17) is 21.6 Å². The lowest BCUT2D eigenvalue weighted by molar-refractivity contribution is -0.150. The molecule has 2 aromatic carbocycles. The molecule has 0 radical (unpaired) electrons. The number of ether oxygens (including phenoxy) is 1. The van der Waals surface area contributed by atoms with Gasteiger partial charge in [0.25, 0.3) is 11.8 Å². The van der Waals surface area contributed by atoms with Gasteiger partial charge in [-0.25, -0.2) is 4.79 Å². The third-order valence-electron chi connectivity index (χ3n) is 4.59. The number of nitrogens with zero attached hydrogens (tertiary/aromatic N) is 1. The Kier molecular flexibility index (Phi) is 8.13. The average molecular weight is 463 g/mol. The number of nitrogen functional groups attached to an aromatic ring is 1. The summed E-state index contributed by atoms with van der Waals surface area (Å²) in [7, 11) is 0. The molecule has 1 saturated heterocycles. The quantitative estimate of drug-likeness (QED) is 0.270. The summed E-state index contributed by atoms with van der Waals surface area (Å²) in [6.45, 7) is 0.355. The summed E-state index contributed by atoms with van der Waals surface area (Å²) in [6.07, 6.45) is -3.12. The van der Waals surface area contributed by atoms with Crippen LogP contribution in [0.1, 0.15) is 5.56 Å². The minimum atomic E-state index is -1.74.